The number of rotatable bonds is 4. The molecule has 0 saturated heterocycles. The molecule has 1 aromatic rings. The van der Waals surface area contributed by atoms with Crippen LogP contribution in [0.2, 0.25) is 0 Å². The van der Waals surface area contributed by atoms with E-state index in [1.807, 2.05) is 13.0 Å². The van der Waals surface area contributed by atoms with Gasteiger partial charge in [-0.15, -0.1) is 0 Å². The van der Waals surface area contributed by atoms with Crippen molar-refractivity contribution in [2.24, 2.45) is 0 Å². The zero-order valence-electron chi connectivity index (χ0n) is 9.24. The Kier molecular flexibility index (Phi) is 4.09. The lowest BCUT2D eigenvalue weighted by Gasteiger charge is -2.08. The Hall–Kier alpha value is -1.58. The predicted octanol–water partition coefficient (Wildman–Crippen LogP) is 1.37. The molecule has 0 unspecified atom stereocenters. The first-order chi connectivity index (χ1) is 7.21. The molecule has 0 N–H and O–H groups in total. The second-order valence-electron chi connectivity index (χ2n) is 3.09. The van der Waals surface area contributed by atoms with Gasteiger partial charge in [0.2, 0.25) is 0 Å². The molecule has 0 aliphatic rings. The third-order valence-corrected chi connectivity index (χ3v) is 2.15. The summed E-state index contributed by atoms with van der Waals surface area (Å²) < 4.78 is 9.73. The minimum absolute atomic E-state index is 0.217. The molecule has 0 fully saturated rings. The van der Waals surface area contributed by atoms with E-state index in [2.05, 4.69) is 9.72 Å². The summed E-state index contributed by atoms with van der Waals surface area (Å²) in [4.78, 5) is 15.3. The van der Waals surface area contributed by atoms with Crippen molar-refractivity contribution in [2.45, 2.75) is 19.8 Å². The Morgan fingerprint density at radius 2 is 2.20 bits per heavy atom. The van der Waals surface area contributed by atoms with E-state index >= 15 is 0 Å². The lowest BCUT2D eigenvalue weighted by Crippen LogP contribution is -2.07. The van der Waals surface area contributed by atoms with Crippen LogP contribution in [-0.4, -0.2) is 25.2 Å². The molecule has 82 valence electrons. The van der Waals surface area contributed by atoms with Crippen LogP contribution < -0.4 is 4.74 Å². The third-order valence-electron chi connectivity index (χ3n) is 2.15. The van der Waals surface area contributed by atoms with Gasteiger partial charge in [-0.3, -0.25) is 9.78 Å². The Morgan fingerprint density at radius 1 is 1.47 bits per heavy atom. The fourth-order valence-corrected chi connectivity index (χ4v) is 1.28. The van der Waals surface area contributed by atoms with Crippen molar-refractivity contribution in [1.29, 1.82) is 0 Å². The summed E-state index contributed by atoms with van der Waals surface area (Å²) in [5, 5.41) is 0. The van der Waals surface area contributed by atoms with Crippen LogP contribution in [0, 0.1) is 0 Å². The first-order valence-corrected chi connectivity index (χ1v) is 4.79. The van der Waals surface area contributed by atoms with E-state index in [-0.39, 0.29) is 12.4 Å². The van der Waals surface area contributed by atoms with Crippen LogP contribution in [-0.2, 0) is 22.4 Å². The number of carbonyl (C=O) groups is 1. The van der Waals surface area contributed by atoms with E-state index in [9.17, 15) is 4.79 Å². The van der Waals surface area contributed by atoms with Gasteiger partial charge in [-0.1, -0.05) is 6.92 Å². The SMILES string of the molecule is CCc1cc(CC(=O)OC)c(OC)cn1. The maximum Gasteiger partial charge on any atom is 0.310 e. The van der Waals surface area contributed by atoms with E-state index in [0.717, 1.165) is 17.7 Å². The highest BCUT2D eigenvalue weighted by Gasteiger charge is 2.09. The van der Waals surface area contributed by atoms with Gasteiger partial charge in [0.05, 0.1) is 26.8 Å². The molecule has 0 radical (unpaired) electrons. The maximum absolute atomic E-state index is 11.2. The minimum atomic E-state index is -0.276. The normalized spacial score (nSPS) is 9.80. The predicted molar refractivity (Wildman–Crippen MR) is 55.9 cm³/mol. The number of nitrogens with zero attached hydrogens (tertiary/aromatic N) is 1. The van der Waals surface area contributed by atoms with Gasteiger partial charge in [-0.25, -0.2) is 0 Å². The number of ether oxygens (including phenoxy) is 2. The van der Waals surface area contributed by atoms with Crippen LogP contribution in [0.3, 0.4) is 0 Å². The molecule has 1 heterocycles. The first kappa shape index (κ1) is 11.5. The Balaban J connectivity index is 2.95. The number of pyridine rings is 1. The van der Waals surface area contributed by atoms with Gasteiger partial charge >= 0.3 is 5.97 Å². The largest absolute Gasteiger partial charge is 0.495 e. The molecule has 1 aromatic heterocycles. The van der Waals surface area contributed by atoms with Gasteiger partial charge in [-0.2, -0.15) is 0 Å². The van der Waals surface area contributed by atoms with Crippen molar-refractivity contribution in [3.63, 3.8) is 0 Å². The average Bonchev–Trinajstić information content (AvgIpc) is 2.28. The van der Waals surface area contributed by atoms with Gasteiger partial charge in [0, 0.05) is 11.3 Å². The van der Waals surface area contributed by atoms with E-state index in [0.29, 0.717) is 5.75 Å². The molecule has 0 atom stereocenters. The van der Waals surface area contributed by atoms with E-state index in [4.69, 9.17) is 4.74 Å². The van der Waals surface area contributed by atoms with Gasteiger partial charge in [0.1, 0.15) is 5.75 Å². The molecule has 0 spiro atoms. The van der Waals surface area contributed by atoms with Crippen LogP contribution in [0.25, 0.3) is 0 Å². The number of hydrogen-bond donors (Lipinski definition) is 0. The summed E-state index contributed by atoms with van der Waals surface area (Å²) in [6.45, 7) is 2.01. The highest BCUT2D eigenvalue weighted by atomic mass is 16.5. The van der Waals surface area contributed by atoms with Crippen molar-refractivity contribution >= 4 is 5.97 Å². The van der Waals surface area contributed by atoms with Crippen molar-refractivity contribution in [3.8, 4) is 5.75 Å². The first-order valence-electron chi connectivity index (χ1n) is 4.79. The molecule has 0 aliphatic carbocycles. The summed E-state index contributed by atoms with van der Waals surface area (Å²) in [5.74, 6) is 0.346. The van der Waals surface area contributed by atoms with E-state index in [1.165, 1.54) is 7.11 Å². The molecule has 1 rings (SSSR count). The smallest absolute Gasteiger partial charge is 0.310 e. The second-order valence-corrected chi connectivity index (χ2v) is 3.09. The van der Waals surface area contributed by atoms with Crippen LogP contribution in [0.15, 0.2) is 12.3 Å². The van der Waals surface area contributed by atoms with Crippen molar-refractivity contribution < 1.29 is 14.3 Å². The van der Waals surface area contributed by atoms with Gasteiger partial charge in [0.15, 0.2) is 0 Å². The summed E-state index contributed by atoms with van der Waals surface area (Å²) in [5.41, 5.74) is 1.76. The highest BCUT2D eigenvalue weighted by molar-refractivity contribution is 5.73. The quantitative estimate of drug-likeness (QED) is 0.703. The minimum Gasteiger partial charge on any atom is -0.495 e. The topological polar surface area (TPSA) is 48.4 Å². The lowest BCUT2D eigenvalue weighted by atomic mass is 10.1. The van der Waals surface area contributed by atoms with Crippen molar-refractivity contribution in [1.82, 2.24) is 4.98 Å². The fourth-order valence-electron chi connectivity index (χ4n) is 1.28. The number of methoxy groups -OCH3 is 2. The molecule has 0 amide bonds. The zero-order valence-corrected chi connectivity index (χ0v) is 9.24. The van der Waals surface area contributed by atoms with Crippen LogP contribution in [0.1, 0.15) is 18.2 Å². The summed E-state index contributed by atoms with van der Waals surface area (Å²) in [7, 11) is 2.93. The highest BCUT2D eigenvalue weighted by Crippen LogP contribution is 2.18. The number of carbonyl (C=O) groups excluding carboxylic acids is 1. The monoisotopic (exact) mass is 209 g/mol. The van der Waals surface area contributed by atoms with Crippen molar-refractivity contribution in [2.75, 3.05) is 14.2 Å². The molecule has 0 aromatic carbocycles. The summed E-state index contributed by atoms with van der Waals surface area (Å²) in [6.07, 6.45) is 2.68. The Bertz CT molecular complexity index is 350. The molecule has 4 heteroatoms. The number of aryl methyl sites for hydroxylation is 1. The number of aromatic nitrogens is 1. The van der Waals surface area contributed by atoms with E-state index in [1.54, 1.807) is 13.3 Å². The number of hydrogen-bond acceptors (Lipinski definition) is 4. The van der Waals surface area contributed by atoms with Crippen molar-refractivity contribution in [3.05, 3.63) is 23.5 Å². The summed E-state index contributed by atoms with van der Waals surface area (Å²) in [6, 6.07) is 1.87. The third kappa shape index (κ3) is 2.94. The maximum atomic E-state index is 11.2. The average molecular weight is 209 g/mol. The van der Waals surface area contributed by atoms with Crippen LogP contribution >= 0.6 is 0 Å². The number of esters is 1. The van der Waals surface area contributed by atoms with E-state index < -0.39 is 0 Å². The van der Waals surface area contributed by atoms with Gasteiger partial charge in [0.25, 0.3) is 0 Å². The van der Waals surface area contributed by atoms with Crippen LogP contribution in [0.5, 0.6) is 5.75 Å². The second kappa shape index (κ2) is 5.34. The molecule has 0 saturated carbocycles. The molecular weight excluding hydrogens is 194 g/mol. The molecule has 0 bridgehead atoms. The summed E-state index contributed by atoms with van der Waals surface area (Å²) >= 11 is 0. The standard InChI is InChI=1S/C11H15NO3/c1-4-9-5-8(6-11(13)15-3)10(14-2)7-12-9/h5,7H,4,6H2,1-3H3. The zero-order chi connectivity index (χ0) is 11.3. The molecular formula is C11H15NO3. The Labute approximate surface area is 89.2 Å². The van der Waals surface area contributed by atoms with Gasteiger partial charge < -0.3 is 9.47 Å². The van der Waals surface area contributed by atoms with Gasteiger partial charge in [-0.05, 0) is 12.5 Å². The fraction of sp³-hybridized carbons (Fsp3) is 0.455. The molecule has 4 nitrogen and oxygen atoms in total. The van der Waals surface area contributed by atoms with Crippen LogP contribution in [0.4, 0.5) is 0 Å². The molecule has 0 aliphatic heterocycles. The molecule has 15 heavy (non-hydrogen) atoms. The lowest BCUT2D eigenvalue weighted by molar-refractivity contribution is -0.139. The Morgan fingerprint density at radius 3 is 2.73 bits per heavy atom.